The number of imidazole rings is 1. The molecule has 324 valence electrons. The van der Waals surface area contributed by atoms with Crippen molar-refractivity contribution in [2.75, 3.05) is 49.5 Å². The number of nitrogens with zero attached hydrogens (tertiary/aromatic N) is 9. The van der Waals surface area contributed by atoms with Crippen LogP contribution in [0.15, 0.2) is 47.7 Å². The summed E-state index contributed by atoms with van der Waals surface area (Å²) < 4.78 is 40.9. The van der Waals surface area contributed by atoms with Crippen molar-refractivity contribution in [1.29, 1.82) is 0 Å². The van der Waals surface area contributed by atoms with Crippen LogP contribution in [-0.4, -0.2) is 113 Å². The maximum atomic E-state index is 14.2. The second-order valence-corrected chi connectivity index (χ2v) is 16.9. The van der Waals surface area contributed by atoms with E-state index >= 15 is 0 Å². The third-order valence-corrected chi connectivity index (χ3v) is 12.9. The summed E-state index contributed by atoms with van der Waals surface area (Å²) in [7, 11) is 1.72. The largest absolute Gasteiger partial charge is 0.389 e. The van der Waals surface area contributed by atoms with Gasteiger partial charge >= 0.3 is 5.69 Å². The Morgan fingerprint density at radius 2 is 1.84 bits per heavy atom. The highest BCUT2D eigenvalue weighted by Gasteiger charge is 2.33. The zero-order chi connectivity index (χ0) is 42.4. The quantitative estimate of drug-likeness (QED) is 0.116. The molecule has 0 spiro atoms. The average molecular weight is 844 g/mol. The van der Waals surface area contributed by atoms with E-state index in [4.69, 9.17) is 4.74 Å². The number of benzene rings is 1. The van der Waals surface area contributed by atoms with Crippen molar-refractivity contribution in [3.05, 3.63) is 70.2 Å². The van der Waals surface area contributed by atoms with Gasteiger partial charge in [-0.3, -0.25) is 33.5 Å². The summed E-state index contributed by atoms with van der Waals surface area (Å²) in [6.07, 6.45) is 8.84. The minimum absolute atomic E-state index is 0.0281. The topological polar surface area (TPSA) is 186 Å². The second kappa shape index (κ2) is 17.1. The fourth-order valence-corrected chi connectivity index (χ4v) is 9.56. The van der Waals surface area contributed by atoms with Gasteiger partial charge in [-0.15, -0.1) is 0 Å². The zero-order valence-electron chi connectivity index (χ0n) is 34.1. The number of ether oxygens (including phenoxy) is 1. The van der Waals surface area contributed by atoms with Crippen LogP contribution in [0.25, 0.3) is 16.7 Å². The maximum absolute atomic E-state index is 14.2. The Bertz CT molecular complexity index is 2490. The molecule has 0 bridgehead atoms. The summed E-state index contributed by atoms with van der Waals surface area (Å²) in [5, 5.41) is 23.2. The molecule has 1 atom stereocenters. The lowest BCUT2D eigenvalue weighted by molar-refractivity contribution is -0.135. The van der Waals surface area contributed by atoms with Crippen LogP contribution in [0.5, 0.6) is 0 Å². The van der Waals surface area contributed by atoms with Gasteiger partial charge < -0.3 is 25.0 Å². The Kier molecular flexibility index (Phi) is 11.4. The smallest absolute Gasteiger partial charge is 0.329 e. The summed E-state index contributed by atoms with van der Waals surface area (Å²) in [4.78, 5) is 59.9. The number of aliphatic hydroxyl groups is 1. The molecule has 19 heteroatoms. The molecule has 17 nitrogen and oxygen atoms in total. The highest BCUT2D eigenvalue weighted by molar-refractivity contribution is 6.08. The van der Waals surface area contributed by atoms with Gasteiger partial charge in [-0.25, -0.2) is 23.1 Å². The van der Waals surface area contributed by atoms with Crippen molar-refractivity contribution in [2.45, 2.75) is 94.9 Å². The van der Waals surface area contributed by atoms with E-state index in [1.54, 1.807) is 28.6 Å². The Morgan fingerprint density at radius 1 is 1.05 bits per heavy atom. The van der Waals surface area contributed by atoms with Gasteiger partial charge in [0.15, 0.2) is 11.3 Å². The number of carbonyl (C=O) groups is 3. The molecule has 3 N–H and O–H groups in total. The van der Waals surface area contributed by atoms with Gasteiger partial charge in [-0.2, -0.15) is 10.2 Å². The summed E-state index contributed by atoms with van der Waals surface area (Å²) in [5.41, 5.74) is 2.18. The molecule has 61 heavy (non-hydrogen) atoms. The first kappa shape index (κ1) is 40.9. The van der Waals surface area contributed by atoms with Crippen LogP contribution in [-0.2, 0) is 27.8 Å². The number of aryl methyl sites for hydroxylation is 2. The van der Waals surface area contributed by atoms with Gasteiger partial charge in [0, 0.05) is 65.2 Å². The van der Waals surface area contributed by atoms with Gasteiger partial charge in [0.25, 0.3) is 12.3 Å². The Morgan fingerprint density at radius 3 is 2.57 bits per heavy atom. The molecule has 4 fully saturated rings. The average Bonchev–Trinajstić information content (AvgIpc) is 3.93. The molecule has 3 aliphatic heterocycles. The van der Waals surface area contributed by atoms with Crippen molar-refractivity contribution in [3.63, 3.8) is 0 Å². The second-order valence-electron chi connectivity index (χ2n) is 16.9. The summed E-state index contributed by atoms with van der Waals surface area (Å²) in [6, 6.07) is 6.75. The van der Waals surface area contributed by atoms with E-state index in [0.29, 0.717) is 43.4 Å². The van der Waals surface area contributed by atoms with Crippen LogP contribution in [0.1, 0.15) is 97.9 Å². The predicted molar refractivity (Wildman–Crippen MR) is 220 cm³/mol. The predicted octanol–water partition coefficient (Wildman–Crippen LogP) is 3.77. The van der Waals surface area contributed by atoms with Crippen LogP contribution in [0.4, 0.5) is 20.3 Å². The number of halogens is 2. The van der Waals surface area contributed by atoms with E-state index in [0.717, 1.165) is 82.1 Å². The highest BCUT2D eigenvalue weighted by atomic mass is 19.3. The Labute approximate surface area is 349 Å². The number of para-hydroxylation sites is 1. The fraction of sp³-hybridized carbons (Fsp3) is 0.548. The molecular weight excluding hydrogens is 793 g/mol. The van der Waals surface area contributed by atoms with E-state index < -0.39 is 36.1 Å². The van der Waals surface area contributed by atoms with E-state index in [1.165, 1.54) is 21.5 Å². The van der Waals surface area contributed by atoms with Gasteiger partial charge in [0.1, 0.15) is 17.4 Å². The molecule has 4 aromatic heterocycles. The van der Waals surface area contributed by atoms with Crippen LogP contribution < -0.4 is 21.2 Å². The van der Waals surface area contributed by atoms with Crippen molar-refractivity contribution in [3.8, 4) is 0 Å². The minimum atomic E-state index is -2.87. The van der Waals surface area contributed by atoms with Crippen molar-refractivity contribution >= 4 is 45.9 Å². The number of hydrogen-bond donors (Lipinski definition) is 3. The Balaban J connectivity index is 0.727. The standard InChI is InChI=1S/C42H51F2N11O6/c1-50-37-26(4-2-6-32(37)55(42(50)60)33-11-12-35(57)48-41(33)59)5-3-19-61-29-13-16-51(17-14-29)21-25-7-9-27(10-8-25)54-24-31(36(49-54)38(43)44)46-40(58)30-20-45-53-18-15-34(47-39(30)53)52-22-28(56)23-52/h2,4,6,15,18,20,24-25,27-29,33,38,56H,3,5,7-14,16-17,19,21-23H2,1H3,(H,46,58)(H,48,57,59)/t25-,27-,33?. The van der Waals surface area contributed by atoms with E-state index in [9.17, 15) is 33.1 Å². The third kappa shape index (κ3) is 8.29. The monoisotopic (exact) mass is 843 g/mol. The molecule has 1 saturated carbocycles. The Hall–Kier alpha value is -5.53. The lowest BCUT2D eigenvalue weighted by Gasteiger charge is -2.36. The molecule has 4 aliphatic rings. The zero-order valence-corrected chi connectivity index (χ0v) is 34.1. The molecule has 7 heterocycles. The molecule has 0 radical (unpaired) electrons. The van der Waals surface area contributed by atoms with Gasteiger partial charge in [0.2, 0.25) is 11.8 Å². The van der Waals surface area contributed by atoms with E-state index in [1.807, 2.05) is 23.1 Å². The maximum Gasteiger partial charge on any atom is 0.329 e. The summed E-state index contributed by atoms with van der Waals surface area (Å²) in [5.74, 6) is -0.277. The minimum Gasteiger partial charge on any atom is -0.389 e. The number of piperidine rings is 2. The van der Waals surface area contributed by atoms with Crippen LogP contribution in [0.2, 0.25) is 0 Å². The fourth-order valence-electron chi connectivity index (χ4n) is 9.56. The molecule has 3 saturated heterocycles. The number of hydrogen-bond acceptors (Lipinski definition) is 11. The molecule has 3 amide bonds. The normalized spacial score (nSPS) is 22.0. The van der Waals surface area contributed by atoms with E-state index in [-0.39, 0.29) is 47.1 Å². The lowest BCUT2D eigenvalue weighted by Crippen LogP contribution is -2.51. The lowest BCUT2D eigenvalue weighted by atomic mass is 9.85. The first-order valence-corrected chi connectivity index (χ1v) is 21.3. The molecule has 9 rings (SSSR count). The number of aromatic nitrogens is 7. The van der Waals surface area contributed by atoms with Crippen LogP contribution in [0, 0.1) is 5.92 Å². The van der Waals surface area contributed by atoms with Crippen molar-refractivity contribution < 1.29 is 33.0 Å². The van der Waals surface area contributed by atoms with Gasteiger partial charge in [0.05, 0.1) is 41.2 Å². The van der Waals surface area contributed by atoms with E-state index in [2.05, 4.69) is 30.7 Å². The van der Waals surface area contributed by atoms with Crippen LogP contribution in [0.3, 0.4) is 0 Å². The first-order chi connectivity index (χ1) is 29.5. The highest BCUT2D eigenvalue weighted by Crippen LogP contribution is 2.36. The van der Waals surface area contributed by atoms with Crippen molar-refractivity contribution in [1.82, 2.24) is 43.7 Å². The number of rotatable bonds is 13. The van der Waals surface area contributed by atoms with Gasteiger partial charge in [-0.1, -0.05) is 12.1 Å². The van der Waals surface area contributed by atoms with Crippen LogP contribution >= 0.6 is 0 Å². The molecule has 1 aromatic carbocycles. The number of carbonyl (C=O) groups excluding carboxylic acids is 3. The number of likely N-dealkylation sites (tertiary alicyclic amines) is 1. The number of imide groups is 1. The summed E-state index contributed by atoms with van der Waals surface area (Å²) in [6.45, 7) is 4.36. The third-order valence-electron chi connectivity index (χ3n) is 12.9. The molecule has 1 unspecified atom stereocenters. The number of fused-ring (bicyclic) bond motifs is 2. The molecular formula is C42H51F2N11O6. The molecule has 1 aliphatic carbocycles. The number of amides is 3. The number of aliphatic hydroxyl groups excluding tert-OH is 1. The van der Waals surface area contributed by atoms with Crippen molar-refractivity contribution in [2.24, 2.45) is 13.0 Å². The van der Waals surface area contributed by atoms with Gasteiger partial charge in [-0.05, 0) is 81.4 Å². The number of alkyl halides is 2. The summed E-state index contributed by atoms with van der Waals surface area (Å²) >= 11 is 0. The first-order valence-electron chi connectivity index (χ1n) is 21.3. The molecule has 5 aromatic rings. The number of β-amino-alcohol motifs (C(OH)–C–C–N with tert-alkyl or cyclic N) is 1. The number of anilines is 2. The SMILES string of the molecule is Cn1c(=O)n(C2CCC(=O)NC2=O)c2cccc(CCCOC3CCN(C[C@H]4CC[C@H](n5cc(NC(=O)c6cnn7ccc(N8CC(O)C8)nc67)c(C(F)F)n5)CC4)CC3)c21. The number of nitrogens with one attached hydrogen (secondary N) is 2.